The van der Waals surface area contributed by atoms with Gasteiger partial charge in [0.1, 0.15) is 0 Å². The van der Waals surface area contributed by atoms with Crippen LogP contribution in [0, 0.1) is 0 Å². The number of aromatic nitrogens is 1. The van der Waals surface area contributed by atoms with Gasteiger partial charge in [0, 0.05) is 24.5 Å². The number of nitrogens with one attached hydrogen (secondary N) is 2. The van der Waals surface area contributed by atoms with Gasteiger partial charge in [-0.15, -0.1) is 6.58 Å². The van der Waals surface area contributed by atoms with Crippen molar-refractivity contribution < 1.29 is 9.59 Å². The van der Waals surface area contributed by atoms with Gasteiger partial charge in [0.2, 0.25) is 0 Å². The van der Waals surface area contributed by atoms with E-state index in [1.165, 1.54) is 18.5 Å². The third-order valence-corrected chi connectivity index (χ3v) is 2.16. The molecule has 0 bridgehead atoms. The molecule has 0 unspecified atom stereocenters. The van der Waals surface area contributed by atoms with Crippen LogP contribution in [0.4, 0.5) is 0 Å². The highest BCUT2D eigenvalue weighted by molar-refractivity contribution is 5.99. The molecule has 5 nitrogen and oxygen atoms in total. The Kier molecular flexibility index (Phi) is 4.80. The molecule has 0 aliphatic carbocycles. The Balaban J connectivity index is 2.85. The smallest absolute Gasteiger partial charge is 0.253 e. The first-order valence-corrected chi connectivity index (χ1v) is 6.00. The second-order valence-electron chi connectivity index (χ2n) is 5.17. The van der Waals surface area contributed by atoms with E-state index in [0.717, 1.165) is 0 Å². The summed E-state index contributed by atoms with van der Waals surface area (Å²) in [4.78, 5) is 27.6. The Morgan fingerprint density at radius 3 is 2.37 bits per heavy atom. The van der Waals surface area contributed by atoms with E-state index < -0.39 is 0 Å². The second kappa shape index (κ2) is 6.13. The molecule has 0 aliphatic heterocycles. The zero-order valence-electron chi connectivity index (χ0n) is 11.5. The lowest BCUT2D eigenvalue weighted by Gasteiger charge is -2.20. The fourth-order valence-electron chi connectivity index (χ4n) is 1.37. The van der Waals surface area contributed by atoms with Crippen molar-refractivity contribution >= 4 is 11.8 Å². The lowest BCUT2D eigenvalue weighted by atomic mass is 10.1. The Bertz CT molecular complexity index is 490. The third-order valence-electron chi connectivity index (χ3n) is 2.16. The molecule has 2 amide bonds. The Morgan fingerprint density at radius 1 is 1.26 bits per heavy atom. The van der Waals surface area contributed by atoms with Gasteiger partial charge in [0.15, 0.2) is 0 Å². The normalized spacial score (nSPS) is 10.7. The van der Waals surface area contributed by atoms with Crippen LogP contribution in [0.15, 0.2) is 31.1 Å². The molecular formula is C14H19N3O2. The fourth-order valence-corrected chi connectivity index (χ4v) is 1.37. The lowest BCUT2D eigenvalue weighted by molar-refractivity contribution is 0.0919. The van der Waals surface area contributed by atoms with Gasteiger partial charge in [0.25, 0.3) is 11.8 Å². The summed E-state index contributed by atoms with van der Waals surface area (Å²) in [6.45, 7) is 9.55. The summed E-state index contributed by atoms with van der Waals surface area (Å²) in [6.07, 6.45) is 4.44. The van der Waals surface area contributed by atoms with Crippen molar-refractivity contribution in [1.82, 2.24) is 15.6 Å². The van der Waals surface area contributed by atoms with E-state index in [4.69, 9.17) is 0 Å². The van der Waals surface area contributed by atoms with Crippen molar-refractivity contribution in [2.75, 3.05) is 6.54 Å². The van der Waals surface area contributed by atoms with Gasteiger partial charge < -0.3 is 10.6 Å². The molecule has 0 aromatic carbocycles. The molecule has 1 rings (SSSR count). The van der Waals surface area contributed by atoms with E-state index in [1.54, 1.807) is 6.08 Å². The lowest BCUT2D eigenvalue weighted by Crippen LogP contribution is -2.40. The molecule has 0 radical (unpaired) electrons. The predicted octanol–water partition coefficient (Wildman–Crippen LogP) is 1.53. The van der Waals surface area contributed by atoms with Crippen molar-refractivity contribution in [2.24, 2.45) is 0 Å². The molecule has 19 heavy (non-hydrogen) atoms. The summed E-state index contributed by atoms with van der Waals surface area (Å²) >= 11 is 0. The third kappa shape index (κ3) is 4.91. The van der Waals surface area contributed by atoms with Crippen LogP contribution in [0.5, 0.6) is 0 Å². The molecule has 1 heterocycles. The van der Waals surface area contributed by atoms with Crippen molar-refractivity contribution in [2.45, 2.75) is 26.3 Å². The van der Waals surface area contributed by atoms with Crippen molar-refractivity contribution in [3.8, 4) is 0 Å². The van der Waals surface area contributed by atoms with E-state index in [-0.39, 0.29) is 17.4 Å². The first kappa shape index (κ1) is 14.9. The van der Waals surface area contributed by atoms with E-state index in [2.05, 4.69) is 22.2 Å². The highest BCUT2D eigenvalue weighted by Gasteiger charge is 2.16. The maximum absolute atomic E-state index is 12.0. The standard InChI is InChI=1S/C14H19N3O2/c1-5-6-16-12(18)10-7-11(9-15-8-10)13(19)17-14(2,3)4/h5,7-9H,1,6H2,2-4H3,(H,16,18)(H,17,19). The summed E-state index contributed by atoms with van der Waals surface area (Å²) in [6, 6.07) is 1.52. The summed E-state index contributed by atoms with van der Waals surface area (Å²) < 4.78 is 0. The van der Waals surface area contributed by atoms with Crippen LogP contribution in [0.25, 0.3) is 0 Å². The van der Waals surface area contributed by atoms with Crippen LogP contribution in [0.1, 0.15) is 41.5 Å². The van der Waals surface area contributed by atoms with Crippen LogP contribution < -0.4 is 10.6 Å². The molecule has 0 fully saturated rings. The topological polar surface area (TPSA) is 71.1 Å². The van der Waals surface area contributed by atoms with Gasteiger partial charge >= 0.3 is 0 Å². The molecular weight excluding hydrogens is 242 g/mol. The number of carbonyl (C=O) groups excluding carboxylic acids is 2. The van der Waals surface area contributed by atoms with E-state index in [0.29, 0.717) is 17.7 Å². The number of nitrogens with zero attached hydrogens (tertiary/aromatic N) is 1. The number of pyridine rings is 1. The largest absolute Gasteiger partial charge is 0.349 e. The number of amides is 2. The van der Waals surface area contributed by atoms with Crippen molar-refractivity contribution in [3.63, 3.8) is 0 Å². The summed E-state index contributed by atoms with van der Waals surface area (Å²) in [5, 5.41) is 5.45. The molecule has 0 spiro atoms. The Labute approximate surface area is 113 Å². The number of rotatable bonds is 4. The summed E-state index contributed by atoms with van der Waals surface area (Å²) in [5.74, 6) is -0.531. The van der Waals surface area contributed by atoms with Gasteiger partial charge in [-0.25, -0.2) is 0 Å². The van der Waals surface area contributed by atoms with Crippen LogP contribution in [-0.2, 0) is 0 Å². The second-order valence-corrected chi connectivity index (χ2v) is 5.17. The van der Waals surface area contributed by atoms with Crippen molar-refractivity contribution in [3.05, 3.63) is 42.2 Å². The van der Waals surface area contributed by atoms with Crippen molar-refractivity contribution in [1.29, 1.82) is 0 Å². The minimum atomic E-state index is -0.335. The fraction of sp³-hybridized carbons (Fsp3) is 0.357. The van der Waals surface area contributed by atoms with Gasteiger partial charge in [-0.1, -0.05) is 6.08 Å². The number of carbonyl (C=O) groups is 2. The zero-order chi connectivity index (χ0) is 14.5. The van der Waals surface area contributed by atoms with Crippen LogP contribution >= 0.6 is 0 Å². The maximum atomic E-state index is 12.0. The number of hydrogen-bond donors (Lipinski definition) is 2. The van der Waals surface area contributed by atoms with Gasteiger partial charge in [-0.3, -0.25) is 14.6 Å². The molecule has 1 aromatic heterocycles. The van der Waals surface area contributed by atoms with E-state index in [1.807, 2.05) is 20.8 Å². The molecule has 0 aliphatic rings. The Hall–Kier alpha value is -2.17. The van der Waals surface area contributed by atoms with E-state index >= 15 is 0 Å². The molecule has 102 valence electrons. The average molecular weight is 261 g/mol. The van der Waals surface area contributed by atoms with Crippen LogP contribution in [-0.4, -0.2) is 28.9 Å². The SMILES string of the molecule is C=CCNC(=O)c1cncc(C(=O)NC(C)(C)C)c1. The molecule has 5 heteroatoms. The predicted molar refractivity (Wildman–Crippen MR) is 74.0 cm³/mol. The molecule has 0 atom stereocenters. The zero-order valence-corrected chi connectivity index (χ0v) is 11.5. The van der Waals surface area contributed by atoms with Crippen LogP contribution in [0.3, 0.4) is 0 Å². The molecule has 0 saturated heterocycles. The first-order valence-electron chi connectivity index (χ1n) is 6.00. The summed E-state index contributed by atoms with van der Waals surface area (Å²) in [5.41, 5.74) is 0.377. The molecule has 1 aromatic rings. The first-order chi connectivity index (χ1) is 8.83. The van der Waals surface area contributed by atoms with Gasteiger partial charge in [-0.05, 0) is 26.8 Å². The monoisotopic (exact) mass is 261 g/mol. The number of hydrogen-bond acceptors (Lipinski definition) is 3. The minimum Gasteiger partial charge on any atom is -0.349 e. The maximum Gasteiger partial charge on any atom is 0.253 e. The quantitative estimate of drug-likeness (QED) is 0.807. The molecule has 0 saturated carbocycles. The summed E-state index contributed by atoms with van der Waals surface area (Å²) in [7, 11) is 0. The minimum absolute atomic E-state index is 0.252. The Morgan fingerprint density at radius 2 is 1.84 bits per heavy atom. The highest BCUT2D eigenvalue weighted by Crippen LogP contribution is 2.06. The van der Waals surface area contributed by atoms with Gasteiger partial charge in [-0.2, -0.15) is 0 Å². The van der Waals surface area contributed by atoms with Crippen LogP contribution in [0.2, 0.25) is 0 Å². The average Bonchev–Trinajstić information content (AvgIpc) is 2.34. The molecule has 2 N–H and O–H groups in total. The van der Waals surface area contributed by atoms with Gasteiger partial charge in [0.05, 0.1) is 11.1 Å². The highest BCUT2D eigenvalue weighted by atomic mass is 16.2. The van der Waals surface area contributed by atoms with E-state index in [9.17, 15) is 9.59 Å².